The molecule has 13 nitrogen and oxygen atoms in total. The third-order valence-electron chi connectivity index (χ3n) is 11.2. The van der Waals surface area contributed by atoms with Crippen LogP contribution in [0.5, 0.6) is 0 Å². The minimum Gasteiger partial charge on any atom is -0.427 e. The lowest BCUT2D eigenvalue weighted by molar-refractivity contribution is -0.706. The number of carbonyl (C=O) groups is 6. The SMILES string of the molecule is CC[I+]C1(C(=N)c2ccc(CNC(=O)CCC(=O)NC[C@H](C)N(Cc3ccc(F)cc3)C(=O)CN3C(=O)O[C@@]4(CCc5cc(NC(C)=O)ccc54)C3=O)cc2)CCCC1. The van der Waals surface area contributed by atoms with Gasteiger partial charge in [0.1, 0.15) is 16.8 Å². The van der Waals surface area contributed by atoms with Gasteiger partial charge in [0.05, 0.1) is 5.71 Å². The molecule has 3 aromatic carbocycles. The van der Waals surface area contributed by atoms with Gasteiger partial charge in [0, 0.05) is 81.5 Å². The molecule has 1 saturated carbocycles. The van der Waals surface area contributed by atoms with E-state index in [0.717, 1.165) is 44.6 Å². The Labute approximate surface area is 354 Å². The Morgan fingerprint density at radius 3 is 2.25 bits per heavy atom. The van der Waals surface area contributed by atoms with Gasteiger partial charge in [0.15, 0.2) is 0 Å². The van der Waals surface area contributed by atoms with E-state index in [4.69, 9.17) is 10.1 Å². The van der Waals surface area contributed by atoms with Crippen LogP contribution in [0, 0.1) is 11.2 Å². The standard InChI is InChI=1S/C44H50FIN6O7/c1-4-46-43(20-5-6-21-43)40(47)32-11-7-30(8-12-32)25-49-38(55)18-17-37(54)48-24-28(2)51(26-31-9-13-34(45)14-10-31)39(56)27-52-41(57)44(59-42(52)58)22-19-33-23-35(50-29(3)53)15-16-36(33)44/h7-16,23,28,47H,4-6,17-22,24-27H2,1-3H3,(H2-,48,49,50,53,54,55)/p+1/t28-,44+/m0/s1. The molecular formula is C44H51FIN6O7+. The summed E-state index contributed by atoms with van der Waals surface area (Å²) < 4.78 is 20.7. The van der Waals surface area contributed by atoms with E-state index in [0.29, 0.717) is 29.8 Å². The van der Waals surface area contributed by atoms with Crippen LogP contribution in [0.2, 0.25) is 0 Å². The van der Waals surface area contributed by atoms with Crippen LogP contribution in [0.25, 0.3) is 0 Å². The number of nitrogens with zero attached hydrogens (tertiary/aromatic N) is 2. The fraction of sp³-hybridized carbons (Fsp3) is 0.432. The van der Waals surface area contributed by atoms with Crippen LogP contribution in [0.4, 0.5) is 14.9 Å². The molecule has 3 aromatic rings. The van der Waals surface area contributed by atoms with Crippen LogP contribution in [0.3, 0.4) is 0 Å². The van der Waals surface area contributed by atoms with Crippen LogP contribution >= 0.6 is 0 Å². The number of hydrogen-bond donors (Lipinski definition) is 4. The number of aryl methyl sites for hydroxylation is 1. The number of anilines is 1. The van der Waals surface area contributed by atoms with Crippen molar-refractivity contribution in [1.82, 2.24) is 20.4 Å². The second kappa shape index (κ2) is 18.8. The molecule has 6 amide bonds. The molecule has 59 heavy (non-hydrogen) atoms. The number of rotatable bonds is 17. The van der Waals surface area contributed by atoms with Crippen LogP contribution in [-0.2, 0) is 53.8 Å². The first-order chi connectivity index (χ1) is 28.2. The lowest BCUT2D eigenvalue weighted by atomic mass is 9.94. The summed E-state index contributed by atoms with van der Waals surface area (Å²) in [6, 6.07) is 17.7. The number of halogens is 2. The topological polar surface area (TPSA) is 178 Å². The minimum atomic E-state index is -1.59. The summed E-state index contributed by atoms with van der Waals surface area (Å²) in [4.78, 5) is 80.3. The van der Waals surface area contributed by atoms with Crippen LogP contribution in [-0.4, -0.2) is 78.1 Å². The summed E-state index contributed by atoms with van der Waals surface area (Å²) >= 11 is -0.0846. The van der Waals surface area contributed by atoms with E-state index in [2.05, 4.69) is 22.9 Å². The Balaban J connectivity index is 1.02. The van der Waals surface area contributed by atoms with Crippen LogP contribution in [0.15, 0.2) is 66.7 Å². The predicted octanol–water partition coefficient (Wildman–Crippen LogP) is 2.32. The Hall–Kier alpha value is -5.19. The van der Waals surface area contributed by atoms with Gasteiger partial charge in [0.2, 0.25) is 32.7 Å². The highest BCUT2D eigenvalue weighted by atomic mass is 127. The number of benzene rings is 3. The number of hydrogen-bond acceptors (Lipinski definition) is 8. The van der Waals surface area contributed by atoms with Crippen molar-refractivity contribution in [1.29, 1.82) is 5.41 Å². The average molecular weight is 922 g/mol. The van der Waals surface area contributed by atoms with Gasteiger partial charge in [-0.1, -0.05) is 42.5 Å². The quantitative estimate of drug-likeness (QED) is 0.0913. The molecule has 1 spiro atoms. The summed E-state index contributed by atoms with van der Waals surface area (Å²) in [5, 5.41) is 17.3. The molecule has 4 N–H and O–H groups in total. The monoisotopic (exact) mass is 921 g/mol. The Bertz CT molecular complexity index is 2110. The number of fused-ring (bicyclic) bond motifs is 2. The molecule has 0 radical (unpaired) electrons. The van der Waals surface area contributed by atoms with Crippen molar-refractivity contribution in [3.63, 3.8) is 0 Å². The molecule has 2 fully saturated rings. The van der Waals surface area contributed by atoms with E-state index >= 15 is 0 Å². The van der Waals surface area contributed by atoms with Gasteiger partial charge in [0.25, 0.3) is 27.1 Å². The second-order valence-electron chi connectivity index (χ2n) is 15.4. The van der Waals surface area contributed by atoms with Crippen molar-refractivity contribution in [2.24, 2.45) is 0 Å². The van der Waals surface area contributed by atoms with Crippen molar-refractivity contribution < 1.29 is 59.1 Å². The fourth-order valence-corrected chi connectivity index (χ4v) is 11.8. The molecule has 2 aliphatic carbocycles. The van der Waals surface area contributed by atoms with Gasteiger partial charge in [-0.2, -0.15) is 0 Å². The van der Waals surface area contributed by atoms with E-state index < -0.39 is 47.8 Å². The highest BCUT2D eigenvalue weighted by Crippen LogP contribution is 2.46. The fourth-order valence-electron chi connectivity index (χ4n) is 8.10. The average Bonchev–Trinajstić information content (AvgIpc) is 3.91. The molecule has 1 aliphatic heterocycles. The molecule has 6 rings (SSSR count). The molecule has 1 saturated heterocycles. The summed E-state index contributed by atoms with van der Waals surface area (Å²) in [5.41, 5.74) is 3.38. The lowest BCUT2D eigenvalue weighted by Gasteiger charge is -2.31. The number of ether oxygens (including phenoxy) is 1. The summed E-state index contributed by atoms with van der Waals surface area (Å²) in [6.07, 6.45) is 4.07. The molecular weight excluding hydrogens is 870 g/mol. The summed E-state index contributed by atoms with van der Waals surface area (Å²) in [7, 11) is 0. The van der Waals surface area contributed by atoms with Gasteiger partial charge < -0.3 is 25.6 Å². The number of alkyl halides is 2. The molecule has 312 valence electrons. The summed E-state index contributed by atoms with van der Waals surface area (Å²) in [5.74, 6) is -2.67. The maximum atomic E-state index is 13.9. The maximum Gasteiger partial charge on any atom is 0.418 e. The zero-order valence-corrected chi connectivity index (χ0v) is 35.8. The number of amides is 6. The van der Waals surface area contributed by atoms with Gasteiger partial charge in [-0.25, -0.2) is 14.1 Å². The number of carbonyl (C=O) groups excluding carboxylic acids is 6. The highest BCUT2D eigenvalue weighted by molar-refractivity contribution is 6.06. The molecule has 2 atom stereocenters. The van der Waals surface area contributed by atoms with Crippen LogP contribution < -0.4 is 37.2 Å². The van der Waals surface area contributed by atoms with Crippen molar-refractivity contribution in [3.8, 4) is 0 Å². The zero-order valence-electron chi connectivity index (χ0n) is 33.6. The Morgan fingerprint density at radius 2 is 1.59 bits per heavy atom. The molecule has 1 heterocycles. The molecule has 0 unspecified atom stereocenters. The number of nitrogens with one attached hydrogen (secondary N) is 4. The largest absolute Gasteiger partial charge is 0.427 e. The lowest BCUT2D eigenvalue weighted by Crippen LogP contribution is -3.69. The molecule has 0 bridgehead atoms. The van der Waals surface area contributed by atoms with Crippen molar-refractivity contribution in [2.75, 3.05) is 22.8 Å². The van der Waals surface area contributed by atoms with Gasteiger partial charge in [-0.05, 0) is 74.1 Å². The van der Waals surface area contributed by atoms with Crippen molar-refractivity contribution in [3.05, 3.63) is 100 Å². The van der Waals surface area contributed by atoms with Crippen molar-refractivity contribution in [2.45, 2.75) is 100 Å². The van der Waals surface area contributed by atoms with Gasteiger partial charge in [-0.3, -0.25) is 29.4 Å². The third kappa shape index (κ3) is 9.99. The van der Waals surface area contributed by atoms with Crippen LogP contribution in [0.1, 0.15) is 93.5 Å². The molecule has 15 heteroatoms. The van der Waals surface area contributed by atoms with E-state index in [9.17, 15) is 33.2 Å². The molecule has 3 aliphatic rings. The second-order valence-corrected chi connectivity index (χ2v) is 19.7. The third-order valence-corrected chi connectivity index (χ3v) is 15.1. The van der Waals surface area contributed by atoms with E-state index in [1.807, 2.05) is 24.3 Å². The van der Waals surface area contributed by atoms with Crippen molar-refractivity contribution >= 4 is 47.0 Å². The first-order valence-electron chi connectivity index (χ1n) is 20.1. The maximum absolute atomic E-state index is 13.9. The normalized spacial score (nSPS) is 18.3. The summed E-state index contributed by atoms with van der Waals surface area (Å²) in [6.45, 7) is 4.97. The smallest absolute Gasteiger partial charge is 0.418 e. The Kier molecular flexibility index (Phi) is 13.8. The zero-order chi connectivity index (χ0) is 42.3. The van der Waals surface area contributed by atoms with Gasteiger partial charge >= 0.3 is 6.09 Å². The first kappa shape index (κ1) is 43.4. The van der Waals surface area contributed by atoms with E-state index in [1.54, 1.807) is 25.1 Å². The highest BCUT2D eigenvalue weighted by Gasteiger charge is 2.58. The Morgan fingerprint density at radius 1 is 0.932 bits per heavy atom. The van der Waals surface area contributed by atoms with E-state index in [1.165, 1.54) is 48.9 Å². The van der Waals surface area contributed by atoms with E-state index in [-0.39, 0.29) is 68.8 Å². The number of imide groups is 1. The first-order valence-corrected chi connectivity index (χ1v) is 22.7. The predicted molar refractivity (Wildman–Crippen MR) is 214 cm³/mol. The molecule has 0 aromatic heterocycles. The minimum absolute atomic E-state index is 0.00136. The van der Waals surface area contributed by atoms with Gasteiger partial charge in [-0.15, -0.1) is 0 Å².